The molecule has 7 nitrogen and oxygen atoms in total. The highest BCUT2D eigenvalue weighted by atomic mass is 35.5. The number of carbonyl (C=O) groups is 3. The Balaban J connectivity index is 1.73. The number of amides is 3. The molecule has 0 radical (unpaired) electrons. The lowest BCUT2D eigenvalue weighted by Crippen LogP contribution is -2.41. The number of carbonyl (C=O) groups excluding carboxylic acids is 3. The molecule has 1 unspecified atom stereocenters. The van der Waals surface area contributed by atoms with Crippen molar-refractivity contribution < 1.29 is 19.1 Å². The number of benzene rings is 1. The zero-order chi connectivity index (χ0) is 17.3. The highest BCUT2D eigenvalue weighted by Crippen LogP contribution is 2.18. The second-order valence-electron chi connectivity index (χ2n) is 5.31. The maximum atomic E-state index is 12.2. The van der Waals surface area contributed by atoms with E-state index in [0.29, 0.717) is 17.2 Å². The summed E-state index contributed by atoms with van der Waals surface area (Å²) in [4.78, 5) is 41.0. The van der Waals surface area contributed by atoms with Crippen LogP contribution in [0.2, 0.25) is 5.15 Å². The molecule has 0 bridgehead atoms. The van der Waals surface area contributed by atoms with Crippen molar-refractivity contribution in [3.05, 3.63) is 41.0 Å². The molecule has 2 heterocycles. The maximum Gasteiger partial charge on any atom is 0.338 e. The third-order valence-electron chi connectivity index (χ3n) is 3.65. The van der Waals surface area contributed by atoms with Gasteiger partial charge in [0.15, 0.2) is 6.10 Å². The Hall–Kier alpha value is -2.67. The minimum absolute atomic E-state index is 0.266. The molecular weight excluding hydrogens is 334 g/mol. The van der Waals surface area contributed by atoms with E-state index >= 15 is 0 Å². The molecule has 1 atom stereocenters. The molecule has 1 aromatic heterocycles. The fourth-order valence-electron chi connectivity index (χ4n) is 2.41. The summed E-state index contributed by atoms with van der Waals surface area (Å²) in [5.74, 6) is -1.19. The molecule has 8 heteroatoms. The van der Waals surface area contributed by atoms with Crippen molar-refractivity contribution in [2.24, 2.45) is 0 Å². The van der Waals surface area contributed by atoms with Crippen molar-refractivity contribution in [3.63, 3.8) is 0 Å². The van der Waals surface area contributed by atoms with Gasteiger partial charge in [-0.1, -0.05) is 11.6 Å². The number of aromatic nitrogens is 1. The number of urea groups is 1. The summed E-state index contributed by atoms with van der Waals surface area (Å²) in [6.07, 6.45) is -1.06. The average molecular weight is 348 g/mol. The van der Waals surface area contributed by atoms with Crippen molar-refractivity contribution in [1.29, 1.82) is 0 Å². The van der Waals surface area contributed by atoms with Crippen LogP contribution in [0.5, 0.6) is 0 Å². The molecule has 0 saturated carbocycles. The van der Waals surface area contributed by atoms with E-state index in [0.717, 1.165) is 10.3 Å². The van der Waals surface area contributed by atoms with Crippen molar-refractivity contribution >= 4 is 40.4 Å². The molecule has 1 aliphatic rings. The number of rotatable bonds is 3. The van der Waals surface area contributed by atoms with Gasteiger partial charge in [0.2, 0.25) is 0 Å². The normalized spacial score (nSPS) is 15.2. The number of esters is 1. The summed E-state index contributed by atoms with van der Waals surface area (Å²) in [7, 11) is 0. The smallest absolute Gasteiger partial charge is 0.338 e. The molecule has 3 amide bonds. The molecule has 1 aliphatic heterocycles. The van der Waals surface area contributed by atoms with Gasteiger partial charge in [-0.25, -0.2) is 14.6 Å². The van der Waals surface area contributed by atoms with E-state index in [1.54, 1.807) is 30.3 Å². The van der Waals surface area contributed by atoms with E-state index in [1.165, 1.54) is 6.92 Å². The van der Waals surface area contributed by atoms with E-state index < -0.39 is 24.0 Å². The highest BCUT2D eigenvalue weighted by molar-refractivity contribution is 6.29. The first-order valence-corrected chi connectivity index (χ1v) is 7.70. The molecule has 2 aromatic rings. The third kappa shape index (κ3) is 3.16. The van der Waals surface area contributed by atoms with Crippen molar-refractivity contribution in [2.45, 2.75) is 13.0 Å². The number of nitrogens with one attached hydrogen (secondary N) is 1. The summed E-state index contributed by atoms with van der Waals surface area (Å²) in [6.45, 7) is 2.10. The molecule has 124 valence electrons. The van der Waals surface area contributed by atoms with Crippen LogP contribution >= 0.6 is 11.6 Å². The van der Waals surface area contributed by atoms with Gasteiger partial charge < -0.3 is 10.1 Å². The minimum atomic E-state index is -1.06. The monoisotopic (exact) mass is 347 g/mol. The predicted octanol–water partition coefficient (Wildman–Crippen LogP) is 1.99. The Bertz CT molecular complexity index is 839. The number of hydrogen-bond donors (Lipinski definition) is 1. The summed E-state index contributed by atoms with van der Waals surface area (Å²) in [6, 6.07) is 7.70. The second-order valence-corrected chi connectivity index (χ2v) is 5.70. The largest absolute Gasteiger partial charge is 0.449 e. The van der Waals surface area contributed by atoms with Crippen LogP contribution in [-0.4, -0.2) is 47.0 Å². The molecule has 24 heavy (non-hydrogen) atoms. The minimum Gasteiger partial charge on any atom is -0.449 e. The van der Waals surface area contributed by atoms with E-state index in [9.17, 15) is 14.4 Å². The Kier molecular flexibility index (Phi) is 4.35. The second kappa shape index (κ2) is 6.45. The first-order valence-electron chi connectivity index (χ1n) is 7.32. The van der Waals surface area contributed by atoms with E-state index in [2.05, 4.69) is 10.3 Å². The summed E-state index contributed by atoms with van der Waals surface area (Å²) in [5, 5.41) is 3.61. The average Bonchev–Trinajstić information content (AvgIpc) is 2.99. The van der Waals surface area contributed by atoms with Crippen LogP contribution < -0.4 is 5.32 Å². The summed E-state index contributed by atoms with van der Waals surface area (Å²) in [5.41, 5.74) is 0.939. The lowest BCUT2D eigenvalue weighted by Gasteiger charge is -2.18. The lowest BCUT2D eigenvalue weighted by molar-refractivity contribution is -0.136. The van der Waals surface area contributed by atoms with Gasteiger partial charge >= 0.3 is 12.0 Å². The third-order valence-corrected chi connectivity index (χ3v) is 3.86. The Labute approximate surface area is 142 Å². The summed E-state index contributed by atoms with van der Waals surface area (Å²) >= 11 is 5.82. The molecule has 0 spiro atoms. The van der Waals surface area contributed by atoms with Crippen LogP contribution in [0, 0.1) is 0 Å². The van der Waals surface area contributed by atoms with Gasteiger partial charge in [-0.2, -0.15) is 0 Å². The molecule has 0 aliphatic carbocycles. The van der Waals surface area contributed by atoms with Gasteiger partial charge in [-0.3, -0.25) is 9.69 Å². The number of hydrogen-bond acceptors (Lipinski definition) is 5. The van der Waals surface area contributed by atoms with Crippen molar-refractivity contribution in [2.75, 3.05) is 13.1 Å². The number of pyridine rings is 1. The van der Waals surface area contributed by atoms with E-state index in [1.807, 2.05) is 0 Å². The fourth-order valence-corrected chi connectivity index (χ4v) is 2.56. The van der Waals surface area contributed by atoms with Crippen LogP contribution in [0.4, 0.5) is 4.79 Å². The van der Waals surface area contributed by atoms with Gasteiger partial charge in [0, 0.05) is 18.5 Å². The number of nitrogens with zero attached hydrogens (tertiary/aromatic N) is 2. The zero-order valence-corrected chi connectivity index (χ0v) is 13.5. The Morgan fingerprint density at radius 1 is 1.33 bits per heavy atom. The Morgan fingerprint density at radius 2 is 2.12 bits per heavy atom. The topological polar surface area (TPSA) is 88.6 Å². The van der Waals surface area contributed by atoms with Crippen LogP contribution in [0.1, 0.15) is 17.3 Å². The van der Waals surface area contributed by atoms with Crippen LogP contribution in [0.3, 0.4) is 0 Å². The van der Waals surface area contributed by atoms with Gasteiger partial charge in [-0.05, 0) is 37.3 Å². The highest BCUT2D eigenvalue weighted by Gasteiger charge is 2.31. The lowest BCUT2D eigenvalue weighted by atomic mass is 10.1. The van der Waals surface area contributed by atoms with E-state index in [4.69, 9.17) is 16.3 Å². The van der Waals surface area contributed by atoms with Gasteiger partial charge in [0.1, 0.15) is 5.15 Å². The first kappa shape index (κ1) is 16.2. The van der Waals surface area contributed by atoms with Crippen LogP contribution in [0.25, 0.3) is 10.9 Å². The molecule has 1 aromatic carbocycles. The number of ether oxygens (including phenoxy) is 1. The number of fused-ring (bicyclic) bond motifs is 1. The molecule has 1 saturated heterocycles. The molecule has 1 N–H and O–H groups in total. The van der Waals surface area contributed by atoms with Gasteiger partial charge in [0.05, 0.1) is 11.1 Å². The van der Waals surface area contributed by atoms with Crippen molar-refractivity contribution in [3.8, 4) is 0 Å². The van der Waals surface area contributed by atoms with Gasteiger partial charge in [0.25, 0.3) is 5.91 Å². The zero-order valence-electron chi connectivity index (χ0n) is 12.8. The quantitative estimate of drug-likeness (QED) is 0.677. The standard InChI is InChI=1S/C16H14ClN3O4/c1-9(14(21)20-7-6-18-16(20)23)24-15(22)11-2-4-12-10(8-11)3-5-13(17)19-12/h2-5,8-9H,6-7H2,1H3,(H,18,23). The summed E-state index contributed by atoms with van der Waals surface area (Å²) < 4.78 is 5.17. The fraction of sp³-hybridized carbons (Fsp3) is 0.250. The van der Waals surface area contributed by atoms with Crippen LogP contribution in [-0.2, 0) is 9.53 Å². The first-order chi connectivity index (χ1) is 11.5. The predicted molar refractivity (Wildman–Crippen MR) is 86.7 cm³/mol. The SMILES string of the molecule is CC(OC(=O)c1ccc2nc(Cl)ccc2c1)C(=O)N1CCNC1=O. The number of halogens is 1. The number of imide groups is 1. The van der Waals surface area contributed by atoms with Gasteiger partial charge in [-0.15, -0.1) is 0 Å². The maximum absolute atomic E-state index is 12.2. The Morgan fingerprint density at radius 3 is 2.83 bits per heavy atom. The van der Waals surface area contributed by atoms with Crippen LogP contribution in [0.15, 0.2) is 30.3 Å². The molecular formula is C16H14ClN3O4. The van der Waals surface area contributed by atoms with Crippen molar-refractivity contribution in [1.82, 2.24) is 15.2 Å². The van der Waals surface area contributed by atoms with E-state index in [-0.39, 0.29) is 12.1 Å². The molecule has 1 fully saturated rings. The molecule has 3 rings (SSSR count).